The van der Waals surface area contributed by atoms with E-state index in [1.54, 1.807) is 0 Å². The zero-order valence-electron chi connectivity index (χ0n) is 34.1. The average Bonchev–Trinajstić information content (AvgIpc) is 3.72. The van der Waals surface area contributed by atoms with Gasteiger partial charge in [0.05, 0.1) is 11.0 Å². The molecule has 2 aromatic heterocycles. The van der Waals surface area contributed by atoms with Gasteiger partial charge in [-0.2, -0.15) is 0 Å². The van der Waals surface area contributed by atoms with Crippen molar-refractivity contribution in [2.75, 3.05) is 0 Å². The molecule has 4 heteroatoms. The van der Waals surface area contributed by atoms with Gasteiger partial charge >= 0.3 is 0 Å². The fraction of sp³-hybridized carbons (Fsp3) is 0. The molecular weight excluding hydrogens is 765 g/mol. The van der Waals surface area contributed by atoms with E-state index in [-0.39, 0.29) is 0 Å². The number of nitrogens with zero attached hydrogens (tertiary/aromatic N) is 4. The lowest BCUT2D eigenvalue weighted by molar-refractivity contribution is 1.08. The fourth-order valence-corrected chi connectivity index (χ4v) is 9.93. The van der Waals surface area contributed by atoms with Crippen molar-refractivity contribution in [3.05, 3.63) is 218 Å². The highest BCUT2D eigenvalue weighted by Gasteiger charge is 2.23. The van der Waals surface area contributed by atoms with Gasteiger partial charge in [-0.05, 0) is 96.4 Å². The molecule has 0 saturated heterocycles. The lowest BCUT2D eigenvalue weighted by Gasteiger charge is -2.15. The fourth-order valence-electron chi connectivity index (χ4n) is 9.93. The van der Waals surface area contributed by atoms with Crippen LogP contribution in [-0.2, 0) is 0 Å². The van der Waals surface area contributed by atoms with Gasteiger partial charge < -0.3 is 4.57 Å². The van der Waals surface area contributed by atoms with Gasteiger partial charge in [0.25, 0.3) is 0 Å². The zero-order valence-corrected chi connectivity index (χ0v) is 34.1. The van der Waals surface area contributed by atoms with Gasteiger partial charge in [0, 0.05) is 38.5 Å². The Hall–Kier alpha value is -8.47. The minimum absolute atomic E-state index is 0.644. The van der Waals surface area contributed by atoms with Gasteiger partial charge in [0.1, 0.15) is 0 Å². The summed E-state index contributed by atoms with van der Waals surface area (Å²) in [5.74, 6) is 1.94. The van der Waals surface area contributed by atoms with Gasteiger partial charge in [-0.3, -0.25) is 0 Å². The Morgan fingerprint density at radius 2 is 0.825 bits per heavy atom. The minimum Gasteiger partial charge on any atom is -0.309 e. The van der Waals surface area contributed by atoms with E-state index in [4.69, 9.17) is 15.0 Å². The minimum atomic E-state index is 0.644. The Morgan fingerprint density at radius 3 is 1.52 bits per heavy atom. The summed E-state index contributed by atoms with van der Waals surface area (Å²) in [6.07, 6.45) is 0. The van der Waals surface area contributed by atoms with Crippen LogP contribution in [0.25, 0.3) is 127 Å². The lowest BCUT2D eigenvalue weighted by Crippen LogP contribution is -2.00. The molecule has 0 aliphatic carbocycles. The summed E-state index contributed by atoms with van der Waals surface area (Å²) in [6, 6.07) is 78.2. The summed E-state index contributed by atoms with van der Waals surface area (Å²) >= 11 is 0. The predicted molar refractivity (Wildman–Crippen MR) is 263 cm³/mol. The second-order valence-corrected chi connectivity index (χ2v) is 16.3. The summed E-state index contributed by atoms with van der Waals surface area (Å²) in [5.41, 5.74) is 11.1. The number of fused-ring (bicyclic) bond motifs is 6. The van der Waals surface area contributed by atoms with Gasteiger partial charge in [-0.25, -0.2) is 15.0 Å². The molecule has 0 bridgehead atoms. The molecule has 0 fully saturated rings. The number of aromatic nitrogens is 4. The molecule has 0 radical (unpaired) electrons. The number of benzene rings is 11. The first-order chi connectivity index (χ1) is 31.2. The quantitative estimate of drug-likeness (QED) is 0.124. The smallest absolute Gasteiger partial charge is 0.164 e. The molecular formula is C59H36N4. The van der Waals surface area contributed by atoms with Gasteiger partial charge in [0.15, 0.2) is 17.5 Å². The van der Waals surface area contributed by atoms with Crippen LogP contribution in [-0.4, -0.2) is 19.5 Å². The maximum Gasteiger partial charge on any atom is 0.164 e. The van der Waals surface area contributed by atoms with Crippen molar-refractivity contribution in [1.82, 2.24) is 19.5 Å². The zero-order chi connectivity index (χ0) is 41.4. The van der Waals surface area contributed by atoms with E-state index in [9.17, 15) is 0 Å². The summed E-state index contributed by atoms with van der Waals surface area (Å²) in [4.78, 5) is 15.2. The third kappa shape index (κ3) is 5.59. The molecule has 13 aromatic rings. The molecule has 0 aliphatic rings. The topological polar surface area (TPSA) is 43.6 Å². The molecule has 0 N–H and O–H groups in total. The molecule has 63 heavy (non-hydrogen) atoms. The van der Waals surface area contributed by atoms with E-state index < -0.39 is 0 Å². The second kappa shape index (κ2) is 14.1. The van der Waals surface area contributed by atoms with Crippen molar-refractivity contribution >= 4 is 64.9 Å². The second-order valence-electron chi connectivity index (χ2n) is 16.3. The molecule has 13 rings (SSSR count). The standard InChI is InChI=1S/C59H36N4/c1-4-16-37(17-5-1)40-22-14-23-43(34-40)63-53-29-15-28-49-46-25-11-13-27-48(46)52-36-42-31-30-41(35-51(42)56(63)55(52)54(49)53)44-32-33-50(47-26-12-10-24-45(44)47)59-61-57(38-18-6-2-7-19-38)60-58(62-59)39-20-8-3-9-21-39/h1-36H. The summed E-state index contributed by atoms with van der Waals surface area (Å²) in [7, 11) is 0. The first-order valence-corrected chi connectivity index (χ1v) is 21.4. The van der Waals surface area contributed by atoms with Crippen LogP contribution in [0, 0.1) is 0 Å². The van der Waals surface area contributed by atoms with Crippen LogP contribution in [0.2, 0.25) is 0 Å². The summed E-state index contributed by atoms with van der Waals surface area (Å²) < 4.78 is 2.51. The van der Waals surface area contributed by atoms with Crippen molar-refractivity contribution in [2.45, 2.75) is 0 Å². The Bertz CT molecular complexity index is 3830. The first-order valence-electron chi connectivity index (χ1n) is 21.4. The molecule has 0 aliphatic heterocycles. The van der Waals surface area contributed by atoms with Crippen LogP contribution in [0.1, 0.15) is 0 Å². The Labute approximate surface area is 363 Å². The number of rotatable bonds is 6. The highest BCUT2D eigenvalue weighted by molar-refractivity contribution is 6.38. The average molecular weight is 801 g/mol. The first kappa shape index (κ1) is 35.3. The monoisotopic (exact) mass is 800 g/mol. The molecule has 0 spiro atoms. The van der Waals surface area contributed by atoms with E-state index in [2.05, 4.69) is 187 Å². The van der Waals surface area contributed by atoms with Crippen LogP contribution >= 0.6 is 0 Å². The van der Waals surface area contributed by atoms with Crippen molar-refractivity contribution in [2.24, 2.45) is 0 Å². The third-order valence-electron chi connectivity index (χ3n) is 12.8. The molecule has 4 nitrogen and oxygen atoms in total. The van der Waals surface area contributed by atoms with E-state index in [0.717, 1.165) is 44.3 Å². The molecule has 11 aromatic carbocycles. The lowest BCUT2D eigenvalue weighted by atomic mass is 9.90. The molecule has 0 saturated carbocycles. The predicted octanol–water partition coefficient (Wildman–Crippen LogP) is 15.4. The van der Waals surface area contributed by atoms with Crippen molar-refractivity contribution < 1.29 is 0 Å². The van der Waals surface area contributed by atoms with Crippen molar-refractivity contribution in [3.8, 4) is 62.1 Å². The highest BCUT2D eigenvalue weighted by atomic mass is 15.0. The Kier molecular flexibility index (Phi) is 7.87. The SMILES string of the molecule is c1ccc(-c2cccc(-n3c4cccc5c6ccccc6c6cc7ccc(-c8ccc(-c9nc(-c%10ccccc%10)nc(-c%10ccccc%10)n9)c9ccccc89)cc7c3c6c54)c2)cc1. The number of hydrogen-bond acceptors (Lipinski definition) is 3. The molecule has 292 valence electrons. The maximum atomic E-state index is 5.12. The Morgan fingerprint density at radius 1 is 0.286 bits per heavy atom. The van der Waals surface area contributed by atoms with Gasteiger partial charge in [-0.1, -0.05) is 182 Å². The van der Waals surface area contributed by atoms with Gasteiger partial charge in [-0.15, -0.1) is 0 Å². The third-order valence-corrected chi connectivity index (χ3v) is 12.8. The van der Waals surface area contributed by atoms with Crippen molar-refractivity contribution in [1.29, 1.82) is 0 Å². The van der Waals surface area contributed by atoms with E-state index in [0.29, 0.717) is 17.5 Å². The normalized spacial score (nSPS) is 11.8. The molecule has 0 amide bonds. The van der Waals surface area contributed by atoms with E-state index in [1.165, 1.54) is 65.3 Å². The maximum absolute atomic E-state index is 5.12. The van der Waals surface area contributed by atoms with E-state index in [1.807, 2.05) is 36.4 Å². The Balaban J connectivity index is 1.06. The van der Waals surface area contributed by atoms with Crippen LogP contribution in [0.5, 0.6) is 0 Å². The summed E-state index contributed by atoms with van der Waals surface area (Å²) in [6.45, 7) is 0. The van der Waals surface area contributed by atoms with Crippen LogP contribution < -0.4 is 0 Å². The molecule has 2 heterocycles. The summed E-state index contributed by atoms with van der Waals surface area (Å²) in [5, 5.41) is 12.3. The van der Waals surface area contributed by atoms with Crippen LogP contribution in [0.4, 0.5) is 0 Å². The van der Waals surface area contributed by atoms with E-state index >= 15 is 0 Å². The van der Waals surface area contributed by atoms with Crippen LogP contribution in [0.15, 0.2) is 218 Å². The molecule has 0 unspecified atom stereocenters. The number of hydrogen-bond donors (Lipinski definition) is 0. The van der Waals surface area contributed by atoms with Crippen LogP contribution in [0.3, 0.4) is 0 Å². The van der Waals surface area contributed by atoms with Crippen molar-refractivity contribution in [3.63, 3.8) is 0 Å². The molecule has 0 atom stereocenters. The highest BCUT2D eigenvalue weighted by Crippen LogP contribution is 2.47. The van der Waals surface area contributed by atoms with Gasteiger partial charge in [0.2, 0.25) is 0 Å². The largest absolute Gasteiger partial charge is 0.309 e.